The first-order valence-corrected chi connectivity index (χ1v) is 11.9. The van der Waals surface area contributed by atoms with E-state index in [-0.39, 0.29) is 45.0 Å². The van der Waals surface area contributed by atoms with Gasteiger partial charge in [0.15, 0.2) is 0 Å². The zero-order chi connectivity index (χ0) is 28.5. The Labute approximate surface area is 216 Å². The lowest BCUT2D eigenvalue weighted by molar-refractivity contribution is -0.140. The SMILES string of the molecule is C[C@@H](CO[C@@H]1CCN([C@@H]2CCN(c3ncc(C(F)(F)F)cn3)C[C@@H]2F)C1=O)Nc1cn[nH]c(=O)c1C(F)(F)F. The van der Waals surface area contributed by atoms with Crippen LogP contribution in [0.2, 0.25) is 0 Å². The molecule has 0 bridgehead atoms. The Hall–Kier alpha value is -3.50. The van der Waals surface area contributed by atoms with Gasteiger partial charge >= 0.3 is 12.4 Å². The van der Waals surface area contributed by atoms with Gasteiger partial charge in [0, 0.05) is 37.9 Å². The predicted molar refractivity (Wildman–Crippen MR) is 122 cm³/mol. The highest BCUT2D eigenvalue weighted by atomic mass is 19.4. The van der Waals surface area contributed by atoms with Crippen LogP contribution in [0.4, 0.5) is 42.4 Å². The fourth-order valence-electron chi connectivity index (χ4n) is 4.57. The van der Waals surface area contributed by atoms with Crippen molar-refractivity contribution in [3.05, 3.63) is 40.1 Å². The minimum Gasteiger partial charge on any atom is -0.378 e. The maximum absolute atomic E-state index is 15.1. The summed E-state index contributed by atoms with van der Waals surface area (Å²) in [5, 5.41) is 7.63. The van der Waals surface area contributed by atoms with Crippen molar-refractivity contribution in [2.24, 2.45) is 0 Å². The lowest BCUT2D eigenvalue weighted by Gasteiger charge is -2.39. The van der Waals surface area contributed by atoms with Crippen molar-refractivity contribution in [3.63, 3.8) is 0 Å². The molecule has 2 aromatic heterocycles. The molecule has 4 atom stereocenters. The van der Waals surface area contributed by atoms with Gasteiger partial charge in [-0.25, -0.2) is 19.5 Å². The monoisotopic (exact) mass is 567 g/mol. The molecule has 4 heterocycles. The Morgan fingerprint density at radius 3 is 2.38 bits per heavy atom. The third-order valence-corrected chi connectivity index (χ3v) is 6.44. The van der Waals surface area contributed by atoms with E-state index in [0.717, 1.165) is 6.20 Å². The van der Waals surface area contributed by atoms with E-state index in [4.69, 9.17) is 4.74 Å². The highest BCUT2D eigenvalue weighted by Gasteiger charge is 2.43. The molecule has 0 unspecified atom stereocenters. The van der Waals surface area contributed by atoms with Crippen LogP contribution in [-0.2, 0) is 21.9 Å². The van der Waals surface area contributed by atoms with Crippen molar-refractivity contribution < 1.29 is 40.3 Å². The van der Waals surface area contributed by atoms with Crippen LogP contribution < -0.4 is 15.8 Å². The molecule has 0 aromatic carbocycles. The molecule has 0 saturated carbocycles. The maximum Gasteiger partial charge on any atom is 0.423 e. The molecule has 1 amide bonds. The molecule has 2 N–H and O–H groups in total. The first-order chi connectivity index (χ1) is 18.3. The standard InChI is InChI=1S/C22H24F7N7O3/c1-11(33-14-8-32-34-18(37)17(14)22(27,28)29)10-39-16-3-5-36(19(16)38)15-2-4-35(9-13(15)23)20-30-6-12(7-31-20)21(24,25)26/h6-8,11,13,15-16H,2-5,9-10H2,1H3,(H2,33,34,37)/t11-,13-,15+,16+/m0/s1. The van der Waals surface area contributed by atoms with E-state index in [0.29, 0.717) is 12.4 Å². The topological polar surface area (TPSA) is 116 Å². The van der Waals surface area contributed by atoms with Gasteiger partial charge in [0.25, 0.3) is 11.5 Å². The summed E-state index contributed by atoms with van der Waals surface area (Å²) in [6.07, 6.45) is -9.49. The van der Waals surface area contributed by atoms with Gasteiger partial charge in [0.1, 0.15) is 17.8 Å². The molecule has 2 saturated heterocycles. The summed E-state index contributed by atoms with van der Waals surface area (Å²) in [5.74, 6) is -0.522. The Bertz CT molecular complexity index is 1220. The van der Waals surface area contributed by atoms with Crippen molar-refractivity contribution in [2.75, 3.05) is 36.5 Å². The molecule has 0 radical (unpaired) electrons. The summed E-state index contributed by atoms with van der Waals surface area (Å²) >= 11 is 0. The molecular weight excluding hydrogens is 543 g/mol. The van der Waals surface area contributed by atoms with Crippen molar-refractivity contribution in [1.29, 1.82) is 0 Å². The molecule has 17 heteroatoms. The van der Waals surface area contributed by atoms with Gasteiger partial charge in [-0.3, -0.25) is 9.59 Å². The van der Waals surface area contributed by atoms with Crippen LogP contribution in [0.1, 0.15) is 30.9 Å². The first-order valence-electron chi connectivity index (χ1n) is 11.9. The second-order valence-corrected chi connectivity index (χ2v) is 9.26. The number of alkyl halides is 7. The molecule has 2 aliphatic heterocycles. The Morgan fingerprint density at radius 2 is 1.77 bits per heavy atom. The smallest absolute Gasteiger partial charge is 0.378 e. The number of carbonyl (C=O) groups excluding carboxylic acids is 1. The van der Waals surface area contributed by atoms with Crippen molar-refractivity contribution >= 4 is 17.5 Å². The van der Waals surface area contributed by atoms with Gasteiger partial charge in [0.2, 0.25) is 5.95 Å². The van der Waals surface area contributed by atoms with Gasteiger partial charge in [-0.15, -0.1) is 0 Å². The number of likely N-dealkylation sites (tertiary alicyclic amines) is 1. The Balaban J connectivity index is 1.30. The lowest BCUT2D eigenvalue weighted by atomic mass is 10.0. The van der Waals surface area contributed by atoms with Crippen LogP contribution in [0.25, 0.3) is 0 Å². The zero-order valence-corrected chi connectivity index (χ0v) is 20.4. The summed E-state index contributed by atoms with van der Waals surface area (Å²) in [7, 11) is 0. The largest absolute Gasteiger partial charge is 0.423 e. The molecule has 214 valence electrons. The van der Waals surface area contributed by atoms with E-state index in [2.05, 4.69) is 20.4 Å². The number of aromatic nitrogens is 4. The number of aromatic amines is 1. The fourth-order valence-corrected chi connectivity index (χ4v) is 4.57. The number of H-pyrrole nitrogens is 1. The fraction of sp³-hybridized carbons (Fsp3) is 0.591. The number of rotatable bonds is 7. The summed E-state index contributed by atoms with van der Waals surface area (Å²) in [6, 6.07) is -1.53. The maximum atomic E-state index is 15.1. The van der Waals surface area contributed by atoms with Crippen LogP contribution >= 0.6 is 0 Å². The number of hydrogen-bond acceptors (Lipinski definition) is 8. The van der Waals surface area contributed by atoms with E-state index in [1.54, 1.807) is 5.10 Å². The van der Waals surface area contributed by atoms with E-state index < -0.39 is 65.0 Å². The number of hydrogen-bond donors (Lipinski definition) is 2. The van der Waals surface area contributed by atoms with Crippen LogP contribution in [0, 0.1) is 0 Å². The number of ether oxygens (including phenoxy) is 1. The van der Waals surface area contributed by atoms with Crippen LogP contribution in [0.15, 0.2) is 23.4 Å². The average Bonchev–Trinajstić information content (AvgIpc) is 3.21. The molecule has 2 aromatic rings. The van der Waals surface area contributed by atoms with E-state index in [1.165, 1.54) is 16.7 Å². The summed E-state index contributed by atoms with van der Waals surface area (Å²) in [6.45, 7) is 1.49. The Morgan fingerprint density at radius 1 is 1.08 bits per heavy atom. The normalized spacial score (nSPS) is 23.3. The molecule has 4 rings (SSSR count). The van der Waals surface area contributed by atoms with Gasteiger partial charge in [-0.05, 0) is 13.3 Å². The third kappa shape index (κ3) is 6.39. The van der Waals surface area contributed by atoms with Gasteiger partial charge in [0.05, 0.1) is 36.6 Å². The number of anilines is 2. The van der Waals surface area contributed by atoms with Gasteiger partial charge < -0.3 is 19.9 Å². The lowest BCUT2D eigenvalue weighted by Crippen LogP contribution is -2.54. The summed E-state index contributed by atoms with van der Waals surface area (Å²) in [5.41, 5.74) is -4.40. The highest BCUT2D eigenvalue weighted by Crippen LogP contribution is 2.32. The van der Waals surface area contributed by atoms with Gasteiger partial charge in [-0.2, -0.15) is 31.4 Å². The van der Waals surface area contributed by atoms with Gasteiger partial charge in [-0.1, -0.05) is 0 Å². The summed E-state index contributed by atoms with van der Waals surface area (Å²) in [4.78, 5) is 34.6. The number of nitrogens with zero attached hydrogens (tertiary/aromatic N) is 5. The number of nitrogens with one attached hydrogen (secondary N) is 2. The van der Waals surface area contributed by atoms with Crippen LogP contribution in [-0.4, -0.2) is 81.6 Å². The molecule has 2 aliphatic rings. The van der Waals surface area contributed by atoms with Crippen molar-refractivity contribution in [2.45, 2.75) is 56.5 Å². The zero-order valence-electron chi connectivity index (χ0n) is 20.4. The quantitative estimate of drug-likeness (QED) is 0.491. The summed E-state index contributed by atoms with van der Waals surface area (Å²) < 4.78 is 98.5. The van der Waals surface area contributed by atoms with E-state index >= 15 is 4.39 Å². The molecule has 0 aliphatic carbocycles. The Kier molecular flexibility index (Phi) is 7.99. The second kappa shape index (κ2) is 10.9. The number of carbonyl (C=O) groups is 1. The third-order valence-electron chi connectivity index (χ3n) is 6.44. The second-order valence-electron chi connectivity index (χ2n) is 9.26. The minimum atomic E-state index is -4.92. The molecule has 10 nitrogen and oxygen atoms in total. The number of piperidine rings is 1. The number of amides is 1. The highest BCUT2D eigenvalue weighted by molar-refractivity contribution is 5.83. The average molecular weight is 567 g/mol. The molecule has 2 fully saturated rings. The first kappa shape index (κ1) is 28.5. The molecular formula is C22H24F7N7O3. The number of halogens is 7. The van der Waals surface area contributed by atoms with E-state index in [1.807, 2.05) is 0 Å². The van der Waals surface area contributed by atoms with E-state index in [9.17, 15) is 35.9 Å². The van der Waals surface area contributed by atoms with Crippen LogP contribution in [0.5, 0.6) is 0 Å². The van der Waals surface area contributed by atoms with Crippen molar-refractivity contribution in [1.82, 2.24) is 25.1 Å². The predicted octanol–water partition coefficient (Wildman–Crippen LogP) is 2.63. The minimum absolute atomic E-state index is 0.0520. The molecule has 39 heavy (non-hydrogen) atoms. The van der Waals surface area contributed by atoms with Crippen molar-refractivity contribution in [3.8, 4) is 0 Å². The van der Waals surface area contributed by atoms with Crippen LogP contribution in [0.3, 0.4) is 0 Å². The molecule has 0 spiro atoms.